The minimum absolute atomic E-state index is 0.0296. The predicted octanol–water partition coefficient (Wildman–Crippen LogP) is 3.77. The van der Waals surface area contributed by atoms with E-state index in [0.717, 1.165) is 44.8 Å². The number of hydrogen-bond acceptors (Lipinski definition) is 5. The highest BCUT2D eigenvalue weighted by Crippen LogP contribution is 2.21. The lowest BCUT2D eigenvalue weighted by atomic mass is 10.1. The van der Waals surface area contributed by atoms with Gasteiger partial charge in [0.05, 0.1) is 9.79 Å². The van der Waals surface area contributed by atoms with Gasteiger partial charge in [0.1, 0.15) is 0 Å². The summed E-state index contributed by atoms with van der Waals surface area (Å²) in [5, 5.41) is 0. The number of rotatable bonds is 7. The van der Waals surface area contributed by atoms with Crippen LogP contribution in [0.1, 0.15) is 44.1 Å². The van der Waals surface area contributed by atoms with Gasteiger partial charge in [0.25, 0.3) is 5.91 Å². The minimum Gasteiger partial charge on any atom is -0.312 e. The highest BCUT2D eigenvalue weighted by Gasteiger charge is 2.21. The molecule has 7 nitrogen and oxygen atoms in total. The summed E-state index contributed by atoms with van der Waals surface area (Å²) in [7, 11) is -5.28. The monoisotopic (exact) mass is 490 g/mol. The van der Waals surface area contributed by atoms with Crippen LogP contribution in [0.2, 0.25) is 0 Å². The Labute approximate surface area is 196 Å². The lowest BCUT2D eigenvalue weighted by molar-refractivity contribution is -0.113. The van der Waals surface area contributed by atoms with Crippen molar-refractivity contribution in [2.75, 3.05) is 18.2 Å². The van der Waals surface area contributed by atoms with Crippen molar-refractivity contribution < 1.29 is 21.6 Å². The third-order valence-electron chi connectivity index (χ3n) is 5.77. The third kappa shape index (κ3) is 6.99. The fourth-order valence-corrected chi connectivity index (χ4v) is 5.70. The van der Waals surface area contributed by atoms with E-state index >= 15 is 0 Å². The van der Waals surface area contributed by atoms with E-state index in [2.05, 4.69) is 4.72 Å². The normalized spacial score (nSPS) is 15.9. The largest absolute Gasteiger partial charge is 0.312 e. The first-order valence-corrected chi connectivity index (χ1v) is 14.3. The van der Waals surface area contributed by atoms with E-state index in [1.807, 2.05) is 0 Å². The van der Waals surface area contributed by atoms with Gasteiger partial charge in [-0.15, -0.1) is 0 Å². The fourth-order valence-electron chi connectivity index (χ4n) is 3.77. The van der Waals surface area contributed by atoms with Gasteiger partial charge in [-0.3, -0.25) is 4.79 Å². The van der Waals surface area contributed by atoms with Gasteiger partial charge in [-0.1, -0.05) is 37.8 Å². The maximum atomic E-state index is 12.7. The SMILES string of the molecule is CN(C(=O)/C=C/c1ccc(S(C)(=O)=O)cc1)c1ccc(S(=O)(=O)NC2CCCCCC2)cc1. The molecular formula is C24H30N2O5S2. The zero-order valence-corrected chi connectivity index (χ0v) is 20.5. The molecule has 1 amide bonds. The van der Waals surface area contributed by atoms with Crippen molar-refractivity contribution in [3.63, 3.8) is 0 Å². The molecule has 1 N–H and O–H groups in total. The molecule has 1 aliphatic rings. The Hall–Kier alpha value is -2.49. The number of sulfonamides is 1. The first-order valence-electron chi connectivity index (χ1n) is 10.9. The van der Waals surface area contributed by atoms with Gasteiger partial charge in [0.15, 0.2) is 9.84 Å². The van der Waals surface area contributed by atoms with Crippen LogP contribution >= 0.6 is 0 Å². The molecule has 1 fully saturated rings. The van der Waals surface area contributed by atoms with Crippen molar-refractivity contribution in [2.24, 2.45) is 0 Å². The molecule has 0 heterocycles. The quantitative estimate of drug-likeness (QED) is 0.470. The molecule has 0 saturated heterocycles. The van der Waals surface area contributed by atoms with Crippen molar-refractivity contribution in [3.05, 3.63) is 60.2 Å². The van der Waals surface area contributed by atoms with Crippen LogP contribution in [0.5, 0.6) is 0 Å². The van der Waals surface area contributed by atoms with E-state index in [0.29, 0.717) is 11.3 Å². The van der Waals surface area contributed by atoms with Gasteiger partial charge in [-0.05, 0) is 60.9 Å². The number of carbonyl (C=O) groups is 1. The third-order valence-corrected chi connectivity index (χ3v) is 8.43. The molecule has 0 spiro atoms. The molecule has 0 aliphatic heterocycles. The van der Waals surface area contributed by atoms with Crippen LogP contribution in [0.3, 0.4) is 0 Å². The number of nitrogens with zero attached hydrogens (tertiary/aromatic N) is 1. The number of amides is 1. The highest BCUT2D eigenvalue weighted by atomic mass is 32.2. The van der Waals surface area contributed by atoms with Gasteiger partial charge in [0, 0.05) is 31.1 Å². The number of hydrogen-bond donors (Lipinski definition) is 1. The molecule has 2 aromatic rings. The second kappa shape index (κ2) is 10.6. The smallest absolute Gasteiger partial charge is 0.250 e. The van der Waals surface area contributed by atoms with Crippen LogP contribution < -0.4 is 9.62 Å². The Morgan fingerprint density at radius 2 is 1.42 bits per heavy atom. The molecule has 9 heteroatoms. The Kier molecular flexibility index (Phi) is 8.10. The van der Waals surface area contributed by atoms with Gasteiger partial charge >= 0.3 is 0 Å². The number of benzene rings is 2. The Bertz CT molecular complexity index is 1190. The van der Waals surface area contributed by atoms with E-state index in [4.69, 9.17) is 0 Å². The van der Waals surface area contributed by atoms with E-state index in [-0.39, 0.29) is 21.7 Å². The van der Waals surface area contributed by atoms with E-state index in [9.17, 15) is 21.6 Å². The maximum Gasteiger partial charge on any atom is 0.250 e. The molecule has 1 saturated carbocycles. The maximum absolute atomic E-state index is 12.7. The van der Waals surface area contributed by atoms with E-state index in [1.165, 1.54) is 35.2 Å². The molecular weight excluding hydrogens is 460 g/mol. The standard InChI is InChI=1S/C24H30N2O5S2/c1-26(24(27)18-11-19-9-14-22(15-10-19)32(2,28)29)21-12-16-23(17-13-21)33(30,31)25-20-7-5-3-4-6-8-20/h9-18,20,25H,3-8H2,1-2H3/b18-11+. The average molecular weight is 491 g/mol. The molecule has 0 aromatic heterocycles. The molecule has 0 radical (unpaired) electrons. The van der Waals surface area contributed by atoms with E-state index < -0.39 is 19.9 Å². The topological polar surface area (TPSA) is 101 Å². The Morgan fingerprint density at radius 1 is 0.879 bits per heavy atom. The molecule has 178 valence electrons. The van der Waals surface area contributed by atoms with Crippen LogP contribution in [0.25, 0.3) is 6.08 Å². The predicted molar refractivity (Wildman–Crippen MR) is 130 cm³/mol. The van der Waals surface area contributed by atoms with E-state index in [1.54, 1.807) is 37.4 Å². The second-order valence-electron chi connectivity index (χ2n) is 8.38. The summed E-state index contributed by atoms with van der Waals surface area (Å²) in [5.41, 5.74) is 1.25. The first-order chi connectivity index (χ1) is 15.6. The van der Waals surface area contributed by atoms with Crippen molar-refractivity contribution in [2.45, 2.75) is 54.4 Å². The molecule has 2 aromatic carbocycles. The summed E-state index contributed by atoms with van der Waals surface area (Å²) in [6, 6.07) is 12.4. The number of sulfone groups is 1. The average Bonchev–Trinajstić information content (AvgIpc) is 3.05. The summed E-state index contributed by atoms with van der Waals surface area (Å²) in [5.74, 6) is -0.297. The first kappa shape index (κ1) is 25.1. The van der Waals surface area contributed by atoms with Crippen molar-refractivity contribution in [1.29, 1.82) is 0 Å². The highest BCUT2D eigenvalue weighted by molar-refractivity contribution is 7.90. The fraction of sp³-hybridized carbons (Fsp3) is 0.375. The number of carbonyl (C=O) groups excluding carboxylic acids is 1. The van der Waals surface area contributed by atoms with Gasteiger partial charge in [-0.25, -0.2) is 21.6 Å². The van der Waals surface area contributed by atoms with Crippen molar-refractivity contribution in [3.8, 4) is 0 Å². The molecule has 1 aliphatic carbocycles. The van der Waals surface area contributed by atoms with Crippen LogP contribution in [-0.2, 0) is 24.7 Å². The molecule has 3 rings (SSSR count). The molecule has 0 atom stereocenters. The molecule has 0 unspecified atom stereocenters. The molecule has 0 bridgehead atoms. The van der Waals surface area contributed by atoms with Crippen LogP contribution in [0.4, 0.5) is 5.69 Å². The van der Waals surface area contributed by atoms with Crippen LogP contribution in [-0.4, -0.2) is 42.1 Å². The van der Waals surface area contributed by atoms with Crippen LogP contribution in [0.15, 0.2) is 64.4 Å². The number of likely N-dealkylation sites (N-methyl/N-ethyl adjacent to an activating group) is 1. The van der Waals surface area contributed by atoms with Gasteiger partial charge < -0.3 is 4.90 Å². The number of nitrogens with one attached hydrogen (secondary N) is 1. The van der Waals surface area contributed by atoms with Gasteiger partial charge in [0.2, 0.25) is 10.0 Å². The summed E-state index contributed by atoms with van der Waals surface area (Å²) >= 11 is 0. The van der Waals surface area contributed by atoms with Crippen molar-refractivity contribution >= 4 is 37.5 Å². The lowest BCUT2D eigenvalue weighted by Crippen LogP contribution is -2.34. The summed E-state index contributed by atoms with van der Waals surface area (Å²) < 4.78 is 51.4. The zero-order valence-electron chi connectivity index (χ0n) is 18.9. The summed E-state index contributed by atoms with van der Waals surface area (Å²) in [4.78, 5) is 14.3. The zero-order chi connectivity index (χ0) is 24.1. The number of anilines is 1. The van der Waals surface area contributed by atoms with Crippen molar-refractivity contribution in [1.82, 2.24) is 4.72 Å². The lowest BCUT2D eigenvalue weighted by Gasteiger charge is -2.18. The van der Waals surface area contributed by atoms with Crippen LogP contribution in [0, 0.1) is 0 Å². The summed E-state index contributed by atoms with van der Waals surface area (Å²) in [6.07, 6.45) is 10.2. The molecule has 33 heavy (non-hydrogen) atoms. The second-order valence-corrected chi connectivity index (χ2v) is 12.1. The Morgan fingerprint density at radius 3 is 1.97 bits per heavy atom. The van der Waals surface area contributed by atoms with Gasteiger partial charge in [-0.2, -0.15) is 0 Å². The minimum atomic E-state index is -3.61. The summed E-state index contributed by atoms with van der Waals surface area (Å²) in [6.45, 7) is 0. The Balaban J connectivity index is 1.64.